The Kier molecular flexibility index (Phi) is 3.77. The van der Waals surface area contributed by atoms with E-state index in [1.807, 2.05) is 6.92 Å². The van der Waals surface area contributed by atoms with Crippen molar-refractivity contribution in [2.45, 2.75) is 25.2 Å². The molecule has 1 aromatic rings. The normalized spacial score (nSPS) is 29.2. The molecule has 2 nitrogen and oxygen atoms in total. The predicted octanol–water partition coefficient (Wildman–Crippen LogP) is 2.49. The summed E-state index contributed by atoms with van der Waals surface area (Å²) in [5, 5.41) is 3.08. The zero-order valence-corrected chi connectivity index (χ0v) is 10.6. The molecule has 1 heterocycles. The van der Waals surface area contributed by atoms with E-state index in [0.717, 1.165) is 6.07 Å². The van der Waals surface area contributed by atoms with E-state index in [9.17, 15) is 17.4 Å². The Balaban J connectivity index is 2.36. The lowest BCUT2D eigenvalue weighted by Crippen LogP contribution is -2.43. The van der Waals surface area contributed by atoms with E-state index >= 15 is 0 Å². The average molecular weight is 277 g/mol. The molecule has 1 aliphatic heterocycles. The fourth-order valence-electron chi connectivity index (χ4n) is 2.21. The van der Waals surface area contributed by atoms with Crippen LogP contribution in [-0.2, 0) is 17.0 Å². The molecule has 100 valence electrons. The molecule has 0 bridgehead atoms. The lowest BCUT2D eigenvalue weighted by atomic mass is 10.0. The zero-order valence-electron chi connectivity index (χ0n) is 9.83. The van der Waals surface area contributed by atoms with Crippen LogP contribution in [0, 0.1) is 0 Å². The Bertz CT molecular complexity index is 461. The third-order valence-corrected chi connectivity index (χ3v) is 4.49. The third-order valence-electron chi connectivity index (χ3n) is 2.92. The van der Waals surface area contributed by atoms with Crippen LogP contribution < -0.4 is 5.32 Å². The summed E-state index contributed by atoms with van der Waals surface area (Å²) in [4.78, 5) is 0. The molecular formula is C12H14F3NOS. The average Bonchev–Trinajstić information content (AvgIpc) is 2.26. The van der Waals surface area contributed by atoms with Crippen molar-refractivity contribution in [3.63, 3.8) is 0 Å². The first kappa shape index (κ1) is 13.5. The lowest BCUT2D eigenvalue weighted by Gasteiger charge is -2.30. The fraction of sp³-hybridized carbons (Fsp3) is 0.500. The fourth-order valence-corrected chi connectivity index (χ4v) is 3.65. The highest BCUT2D eigenvalue weighted by Crippen LogP contribution is 2.35. The lowest BCUT2D eigenvalue weighted by molar-refractivity contribution is -0.138. The van der Waals surface area contributed by atoms with Gasteiger partial charge in [0.05, 0.1) is 5.56 Å². The van der Waals surface area contributed by atoms with Crippen LogP contribution in [-0.4, -0.2) is 21.8 Å². The number of rotatable bonds is 1. The van der Waals surface area contributed by atoms with E-state index in [-0.39, 0.29) is 17.4 Å². The van der Waals surface area contributed by atoms with Crippen LogP contribution in [0.3, 0.4) is 0 Å². The van der Waals surface area contributed by atoms with Crippen molar-refractivity contribution >= 4 is 10.8 Å². The van der Waals surface area contributed by atoms with Crippen LogP contribution in [0.1, 0.15) is 24.1 Å². The van der Waals surface area contributed by atoms with Gasteiger partial charge in [-0.3, -0.25) is 4.21 Å². The van der Waals surface area contributed by atoms with Gasteiger partial charge in [0.15, 0.2) is 0 Å². The smallest absolute Gasteiger partial charge is 0.306 e. The molecule has 1 fully saturated rings. The molecule has 0 saturated carbocycles. The van der Waals surface area contributed by atoms with Gasteiger partial charge in [-0.05, 0) is 18.6 Å². The van der Waals surface area contributed by atoms with E-state index < -0.39 is 28.6 Å². The van der Waals surface area contributed by atoms with E-state index in [0.29, 0.717) is 5.75 Å². The molecule has 1 aromatic carbocycles. The van der Waals surface area contributed by atoms with Gasteiger partial charge in [0.25, 0.3) is 0 Å². The highest BCUT2D eigenvalue weighted by molar-refractivity contribution is 7.85. The molecular weight excluding hydrogens is 263 g/mol. The molecule has 0 radical (unpaired) electrons. The maximum Gasteiger partial charge on any atom is 0.416 e. The van der Waals surface area contributed by atoms with E-state index in [2.05, 4.69) is 5.32 Å². The molecule has 2 rings (SSSR count). The summed E-state index contributed by atoms with van der Waals surface area (Å²) in [6, 6.07) is 4.94. The number of nitrogens with one attached hydrogen (secondary N) is 1. The van der Waals surface area contributed by atoms with Crippen molar-refractivity contribution in [2.24, 2.45) is 0 Å². The molecule has 0 aromatic heterocycles. The van der Waals surface area contributed by atoms with E-state index in [1.165, 1.54) is 12.1 Å². The van der Waals surface area contributed by atoms with Crippen LogP contribution in [0.5, 0.6) is 0 Å². The summed E-state index contributed by atoms with van der Waals surface area (Å²) in [7, 11) is -1.07. The molecule has 1 saturated heterocycles. The maximum absolute atomic E-state index is 12.9. The number of alkyl halides is 3. The molecule has 3 atom stereocenters. The first-order valence-corrected chi connectivity index (χ1v) is 7.14. The molecule has 6 heteroatoms. The van der Waals surface area contributed by atoms with Crippen molar-refractivity contribution < 1.29 is 17.4 Å². The second-order valence-corrected chi connectivity index (χ2v) is 6.02. The van der Waals surface area contributed by atoms with Crippen LogP contribution in [0.4, 0.5) is 13.2 Å². The summed E-state index contributed by atoms with van der Waals surface area (Å²) in [5.74, 6) is 0.724. The van der Waals surface area contributed by atoms with Gasteiger partial charge in [-0.15, -0.1) is 0 Å². The summed E-state index contributed by atoms with van der Waals surface area (Å²) in [5.41, 5.74) is -0.460. The second kappa shape index (κ2) is 5.01. The summed E-state index contributed by atoms with van der Waals surface area (Å²) in [6.45, 7) is 1.83. The Labute approximate surface area is 106 Å². The summed E-state index contributed by atoms with van der Waals surface area (Å²) in [6.07, 6.45) is -4.37. The summed E-state index contributed by atoms with van der Waals surface area (Å²) >= 11 is 0. The monoisotopic (exact) mass is 277 g/mol. The molecule has 0 amide bonds. The van der Waals surface area contributed by atoms with Crippen LogP contribution in [0.25, 0.3) is 0 Å². The first-order chi connectivity index (χ1) is 8.38. The molecule has 18 heavy (non-hydrogen) atoms. The van der Waals surface area contributed by atoms with Gasteiger partial charge < -0.3 is 5.32 Å². The minimum Gasteiger partial charge on any atom is -0.306 e. The van der Waals surface area contributed by atoms with Gasteiger partial charge in [-0.2, -0.15) is 13.2 Å². The van der Waals surface area contributed by atoms with Crippen molar-refractivity contribution in [3.8, 4) is 0 Å². The van der Waals surface area contributed by atoms with Gasteiger partial charge in [-0.1, -0.05) is 18.2 Å². The topological polar surface area (TPSA) is 29.1 Å². The van der Waals surface area contributed by atoms with E-state index in [1.54, 1.807) is 6.07 Å². The van der Waals surface area contributed by atoms with Crippen LogP contribution in [0.2, 0.25) is 0 Å². The molecule has 1 N–H and O–H groups in total. The van der Waals surface area contributed by atoms with Gasteiger partial charge in [-0.25, -0.2) is 0 Å². The zero-order chi connectivity index (χ0) is 13.3. The SMILES string of the molecule is CC1CS(=O)CC(c2ccccc2C(F)(F)F)N1. The van der Waals surface area contributed by atoms with Gasteiger partial charge in [0.1, 0.15) is 0 Å². The van der Waals surface area contributed by atoms with Gasteiger partial charge in [0.2, 0.25) is 0 Å². The molecule has 3 unspecified atom stereocenters. The maximum atomic E-state index is 12.9. The van der Waals surface area contributed by atoms with Crippen molar-refractivity contribution in [1.82, 2.24) is 5.32 Å². The van der Waals surface area contributed by atoms with Crippen molar-refractivity contribution in [1.29, 1.82) is 0 Å². The minimum absolute atomic E-state index is 0.0362. The number of halogens is 3. The number of benzene rings is 1. The summed E-state index contributed by atoms with van der Waals surface area (Å²) < 4.78 is 50.3. The largest absolute Gasteiger partial charge is 0.416 e. The second-order valence-electron chi connectivity index (χ2n) is 4.48. The first-order valence-electron chi connectivity index (χ1n) is 5.65. The van der Waals surface area contributed by atoms with Gasteiger partial charge >= 0.3 is 6.18 Å². The Morgan fingerprint density at radius 3 is 2.56 bits per heavy atom. The minimum atomic E-state index is -4.37. The standard InChI is InChI=1S/C12H14F3NOS/c1-8-6-18(17)7-11(16-8)9-4-2-3-5-10(9)12(13,14)15/h2-5,8,11,16H,6-7H2,1H3. The van der Waals surface area contributed by atoms with Gasteiger partial charge in [0, 0.05) is 34.4 Å². The quantitative estimate of drug-likeness (QED) is 0.854. The van der Waals surface area contributed by atoms with E-state index in [4.69, 9.17) is 0 Å². The highest BCUT2D eigenvalue weighted by Gasteiger charge is 2.36. The number of hydrogen-bond donors (Lipinski definition) is 1. The Hall–Kier alpha value is -0.880. The Morgan fingerprint density at radius 2 is 1.94 bits per heavy atom. The van der Waals surface area contributed by atoms with Crippen molar-refractivity contribution in [3.05, 3.63) is 35.4 Å². The predicted molar refractivity (Wildman–Crippen MR) is 64.7 cm³/mol. The highest BCUT2D eigenvalue weighted by atomic mass is 32.2. The van der Waals surface area contributed by atoms with Crippen LogP contribution in [0.15, 0.2) is 24.3 Å². The Morgan fingerprint density at radius 1 is 1.28 bits per heavy atom. The third kappa shape index (κ3) is 2.92. The molecule has 0 aliphatic carbocycles. The number of hydrogen-bond acceptors (Lipinski definition) is 2. The van der Waals surface area contributed by atoms with Crippen molar-refractivity contribution in [2.75, 3.05) is 11.5 Å². The molecule has 0 spiro atoms. The van der Waals surface area contributed by atoms with Crippen LogP contribution >= 0.6 is 0 Å². The molecule has 1 aliphatic rings.